The molecule has 4 aromatic rings. The van der Waals surface area contributed by atoms with Crippen LogP contribution in [0.3, 0.4) is 0 Å². The summed E-state index contributed by atoms with van der Waals surface area (Å²) in [5, 5.41) is 9.77. The van der Waals surface area contributed by atoms with Crippen molar-refractivity contribution in [1.29, 1.82) is 0 Å². The zero-order valence-electron chi connectivity index (χ0n) is 14.8. The first-order valence-electron chi connectivity index (χ1n) is 8.87. The average molecular weight is 383 g/mol. The molecule has 2 N–H and O–H groups in total. The number of rotatable bonds is 4. The van der Waals surface area contributed by atoms with Crippen LogP contribution in [0.5, 0.6) is 0 Å². The van der Waals surface area contributed by atoms with Gasteiger partial charge < -0.3 is 10.3 Å². The Kier molecular flexibility index (Phi) is 3.66. The first-order valence-corrected chi connectivity index (χ1v) is 9.68. The number of hydrogen-bond acceptors (Lipinski definition) is 6. The third kappa shape index (κ3) is 2.76. The quantitative estimate of drug-likeness (QED) is 0.576. The molecule has 3 aromatic heterocycles. The maximum absolute atomic E-state index is 13.1. The topological polar surface area (TPSA) is 82.8 Å². The van der Waals surface area contributed by atoms with Crippen LogP contribution >= 0.6 is 11.3 Å². The second kappa shape index (κ2) is 5.97. The van der Waals surface area contributed by atoms with E-state index in [0.717, 1.165) is 45.6 Å². The second-order valence-electron chi connectivity index (χ2n) is 7.13. The molecule has 0 spiro atoms. The molecular weight excluding hydrogens is 365 g/mol. The number of benzene rings is 1. The molecule has 0 atom stereocenters. The Morgan fingerprint density at radius 3 is 2.78 bits per heavy atom. The summed E-state index contributed by atoms with van der Waals surface area (Å²) in [5.74, 6) is 0.844. The van der Waals surface area contributed by atoms with Crippen molar-refractivity contribution in [3.8, 4) is 10.8 Å². The molecule has 0 unspecified atom stereocenters. The minimum atomic E-state index is -0.437. The number of hydrogen-bond donors (Lipinski definition) is 1. The molecule has 0 radical (unpaired) electrons. The van der Waals surface area contributed by atoms with Gasteiger partial charge >= 0.3 is 0 Å². The van der Waals surface area contributed by atoms with Crippen LogP contribution in [0.1, 0.15) is 36.3 Å². The lowest BCUT2D eigenvalue weighted by Gasteiger charge is -2.34. The first kappa shape index (κ1) is 16.6. The van der Waals surface area contributed by atoms with Gasteiger partial charge in [-0.05, 0) is 49.9 Å². The van der Waals surface area contributed by atoms with Gasteiger partial charge in [0.05, 0.1) is 22.7 Å². The average Bonchev–Trinajstić information content (AvgIpc) is 3.32. The van der Waals surface area contributed by atoms with Gasteiger partial charge in [0.1, 0.15) is 10.6 Å². The maximum Gasteiger partial charge on any atom is 0.268 e. The first-order chi connectivity index (χ1) is 13.0. The van der Waals surface area contributed by atoms with E-state index in [1.165, 1.54) is 12.1 Å². The highest BCUT2D eigenvalue weighted by atomic mass is 32.1. The highest BCUT2D eigenvalue weighted by Gasteiger charge is 2.39. The van der Waals surface area contributed by atoms with E-state index in [9.17, 15) is 4.39 Å². The Labute approximate surface area is 158 Å². The van der Waals surface area contributed by atoms with E-state index in [0.29, 0.717) is 18.3 Å². The molecule has 1 aromatic carbocycles. The highest BCUT2D eigenvalue weighted by Crippen LogP contribution is 2.39. The number of fused-ring (bicyclic) bond motifs is 1. The van der Waals surface area contributed by atoms with Crippen molar-refractivity contribution in [3.63, 3.8) is 0 Å². The minimum Gasteiger partial charge on any atom is -0.333 e. The number of nitrogens with zero attached hydrogens (tertiary/aromatic N) is 4. The minimum absolute atomic E-state index is 0.240. The fourth-order valence-electron chi connectivity index (χ4n) is 3.40. The molecule has 1 aliphatic carbocycles. The van der Waals surface area contributed by atoms with Gasteiger partial charge in [-0.3, -0.25) is 4.68 Å². The van der Waals surface area contributed by atoms with E-state index < -0.39 is 5.54 Å². The summed E-state index contributed by atoms with van der Waals surface area (Å²) in [6.45, 7) is 2.55. The van der Waals surface area contributed by atoms with Crippen LogP contribution in [0.2, 0.25) is 0 Å². The van der Waals surface area contributed by atoms with Crippen LogP contribution in [0.4, 0.5) is 4.39 Å². The number of thiophene rings is 1. The van der Waals surface area contributed by atoms with Gasteiger partial charge in [-0.1, -0.05) is 17.3 Å². The zero-order valence-corrected chi connectivity index (χ0v) is 15.6. The van der Waals surface area contributed by atoms with Gasteiger partial charge in [0, 0.05) is 5.39 Å². The Bertz CT molecular complexity index is 1120. The summed E-state index contributed by atoms with van der Waals surface area (Å²) in [5.41, 5.74) is 7.78. The molecule has 27 heavy (non-hydrogen) atoms. The van der Waals surface area contributed by atoms with Crippen LogP contribution in [0.15, 0.2) is 34.9 Å². The largest absolute Gasteiger partial charge is 0.333 e. The molecule has 5 rings (SSSR count). The van der Waals surface area contributed by atoms with E-state index in [1.807, 2.05) is 17.7 Å². The van der Waals surface area contributed by atoms with Crippen LogP contribution < -0.4 is 5.73 Å². The standard InChI is InChI=1S/C19H18FN5OS/c1-11-14-9-15(16-22-18(24-26-16)19(21)7-2-8-19)27-17(14)25(23-11)10-12-3-5-13(20)6-4-12/h3-6,9H,2,7-8,10,21H2,1H3. The van der Waals surface area contributed by atoms with Gasteiger partial charge in [0.15, 0.2) is 5.82 Å². The monoisotopic (exact) mass is 383 g/mol. The van der Waals surface area contributed by atoms with Crippen LogP contribution in [-0.2, 0) is 12.1 Å². The van der Waals surface area contributed by atoms with Crippen LogP contribution in [0, 0.1) is 12.7 Å². The van der Waals surface area contributed by atoms with Crippen molar-refractivity contribution in [1.82, 2.24) is 19.9 Å². The summed E-state index contributed by atoms with van der Waals surface area (Å²) in [4.78, 5) is 6.47. The highest BCUT2D eigenvalue weighted by molar-refractivity contribution is 7.21. The van der Waals surface area contributed by atoms with Crippen molar-refractivity contribution in [3.05, 3.63) is 53.2 Å². The molecule has 6 nitrogen and oxygen atoms in total. The molecule has 0 aliphatic heterocycles. The summed E-state index contributed by atoms with van der Waals surface area (Å²) in [7, 11) is 0. The Balaban J connectivity index is 1.49. The van der Waals surface area contributed by atoms with Crippen molar-refractivity contribution < 1.29 is 8.91 Å². The van der Waals surface area contributed by atoms with Gasteiger partial charge in [-0.25, -0.2) is 4.39 Å². The predicted molar refractivity (Wildman–Crippen MR) is 101 cm³/mol. The van der Waals surface area contributed by atoms with Crippen molar-refractivity contribution in [2.24, 2.45) is 5.73 Å². The lowest BCUT2D eigenvalue weighted by molar-refractivity contribution is 0.229. The predicted octanol–water partition coefficient (Wildman–Crippen LogP) is 3.98. The summed E-state index contributed by atoms with van der Waals surface area (Å²) >= 11 is 1.56. The molecule has 8 heteroatoms. The third-order valence-corrected chi connectivity index (χ3v) is 6.32. The number of aryl methyl sites for hydroxylation is 1. The zero-order chi connectivity index (χ0) is 18.6. The van der Waals surface area contributed by atoms with Gasteiger partial charge in [-0.2, -0.15) is 10.1 Å². The van der Waals surface area contributed by atoms with Crippen LogP contribution in [0.25, 0.3) is 21.0 Å². The Hall–Kier alpha value is -2.58. The van der Waals surface area contributed by atoms with E-state index >= 15 is 0 Å². The smallest absolute Gasteiger partial charge is 0.268 e. The molecular formula is C19H18FN5OS. The van der Waals surface area contributed by atoms with E-state index in [2.05, 4.69) is 15.2 Å². The van der Waals surface area contributed by atoms with Gasteiger partial charge in [0.25, 0.3) is 5.89 Å². The third-order valence-electron chi connectivity index (χ3n) is 5.18. The second-order valence-corrected chi connectivity index (χ2v) is 8.16. The van der Waals surface area contributed by atoms with Crippen molar-refractivity contribution in [2.75, 3.05) is 0 Å². The normalized spacial score (nSPS) is 16.0. The SMILES string of the molecule is Cc1nn(Cc2ccc(F)cc2)c2sc(-c3nc(C4(N)CCC4)no3)cc12. The summed E-state index contributed by atoms with van der Waals surface area (Å²) in [6, 6.07) is 8.51. The fraction of sp³-hybridized carbons (Fsp3) is 0.316. The number of nitrogens with two attached hydrogens (primary N) is 1. The maximum atomic E-state index is 13.1. The van der Waals surface area contributed by atoms with Crippen molar-refractivity contribution in [2.45, 2.75) is 38.3 Å². The lowest BCUT2D eigenvalue weighted by atomic mass is 9.77. The molecule has 0 bridgehead atoms. The Morgan fingerprint density at radius 1 is 1.30 bits per heavy atom. The molecule has 138 valence electrons. The summed E-state index contributed by atoms with van der Waals surface area (Å²) in [6.07, 6.45) is 2.88. The molecule has 0 saturated heterocycles. The number of aromatic nitrogens is 4. The molecule has 1 fully saturated rings. The van der Waals surface area contributed by atoms with Crippen molar-refractivity contribution >= 4 is 21.6 Å². The molecule has 1 aliphatic rings. The summed E-state index contributed by atoms with van der Waals surface area (Å²) < 4.78 is 20.5. The molecule has 3 heterocycles. The Morgan fingerprint density at radius 2 is 2.07 bits per heavy atom. The van der Waals surface area contributed by atoms with Gasteiger partial charge in [-0.15, -0.1) is 11.3 Å². The number of halogens is 1. The van der Waals surface area contributed by atoms with Gasteiger partial charge in [0.2, 0.25) is 0 Å². The van der Waals surface area contributed by atoms with Crippen LogP contribution in [-0.4, -0.2) is 19.9 Å². The van der Waals surface area contributed by atoms with E-state index in [1.54, 1.807) is 23.5 Å². The molecule has 1 saturated carbocycles. The lowest BCUT2D eigenvalue weighted by Crippen LogP contribution is -2.44. The van der Waals surface area contributed by atoms with E-state index in [-0.39, 0.29) is 5.82 Å². The molecule has 0 amide bonds. The fourth-order valence-corrected chi connectivity index (χ4v) is 4.48. The van der Waals surface area contributed by atoms with E-state index in [4.69, 9.17) is 10.3 Å².